The van der Waals surface area contributed by atoms with Gasteiger partial charge in [0.1, 0.15) is 7.38 Å². The van der Waals surface area contributed by atoms with E-state index in [1.807, 2.05) is 0 Å². The molecule has 0 heterocycles. The summed E-state index contributed by atoms with van der Waals surface area (Å²) in [7, 11) is -1.83. The van der Waals surface area contributed by atoms with E-state index in [1.54, 1.807) is 0 Å². The van der Waals surface area contributed by atoms with Crippen LogP contribution < -0.4 is 0 Å². The van der Waals surface area contributed by atoms with Gasteiger partial charge in [-0.2, -0.15) is 11.1 Å². The van der Waals surface area contributed by atoms with Gasteiger partial charge in [0, 0.05) is 0 Å². The molecule has 0 amide bonds. The van der Waals surface area contributed by atoms with Crippen LogP contribution in [0.1, 0.15) is 6.92 Å². The second-order valence-electron chi connectivity index (χ2n) is 3.09. The summed E-state index contributed by atoms with van der Waals surface area (Å²) in [6.45, 7) is 6.45. The summed E-state index contributed by atoms with van der Waals surface area (Å²) in [5.41, 5.74) is 0. The van der Waals surface area contributed by atoms with Gasteiger partial charge < -0.3 is 0 Å². The number of hydrogen-bond donors (Lipinski definition) is 0. The van der Waals surface area contributed by atoms with Crippen LogP contribution in [0.15, 0.2) is 0 Å². The van der Waals surface area contributed by atoms with E-state index >= 15 is 0 Å². The average molecular weight is 236 g/mol. The summed E-state index contributed by atoms with van der Waals surface area (Å²) in [4.78, 5) is 0. The van der Waals surface area contributed by atoms with Crippen LogP contribution in [0.25, 0.3) is 0 Å². The zero-order valence-corrected chi connectivity index (χ0v) is 11.2. The van der Waals surface area contributed by atoms with Crippen LogP contribution in [-0.4, -0.2) is 21.4 Å². The first-order valence-electron chi connectivity index (χ1n) is 3.31. The molecule has 0 aliphatic heterocycles. The van der Waals surface area contributed by atoms with Crippen LogP contribution in [0.2, 0.25) is 18.3 Å². The lowest BCUT2D eigenvalue weighted by Gasteiger charge is -2.21. The quantitative estimate of drug-likeness (QED) is 0.401. The van der Waals surface area contributed by atoms with Gasteiger partial charge in [0.15, 0.2) is 0 Å². The van der Waals surface area contributed by atoms with Crippen molar-refractivity contribution in [3.05, 3.63) is 0 Å². The molecule has 0 aliphatic carbocycles. The van der Waals surface area contributed by atoms with E-state index in [9.17, 15) is 0 Å². The van der Waals surface area contributed by atoms with Crippen molar-refractivity contribution in [1.82, 2.24) is 0 Å². The summed E-state index contributed by atoms with van der Waals surface area (Å²) in [5.74, 6) is 0. The van der Waals surface area contributed by atoms with Crippen molar-refractivity contribution in [1.29, 1.82) is 0 Å². The van der Waals surface area contributed by atoms with Crippen molar-refractivity contribution in [2.45, 2.75) is 29.6 Å². The maximum atomic E-state index is 6.18. The second-order valence-corrected chi connectivity index (χ2v) is 15.8. The van der Waals surface area contributed by atoms with Crippen LogP contribution in [0.3, 0.4) is 0 Å². The maximum Gasteiger partial charge on any atom is 0.150 e. The van der Waals surface area contributed by atoms with Gasteiger partial charge in [-0.1, -0.05) is 20.0 Å². The highest BCUT2D eigenvalue weighted by molar-refractivity contribution is 7.22. The Bertz CT molecular complexity index is 99.6. The van der Waals surface area contributed by atoms with E-state index in [0.717, 1.165) is 0 Å². The Balaban J connectivity index is 3.73. The summed E-state index contributed by atoms with van der Waals surface area (Å²) in [6, 6.07) is 0. The van der Waals surface area contributed by atoms with Gasteiger partial charge in [0.05, 0.1) is 14.0 Å². The minimum absolute atomic E-state index is 0.125. The molecule has 0 radical (unpaired) electrons. The molecular formula is C5H13Cl3Si2. The van der Waals surface area contributed by atoms with Gasteiger partial charge >= 0.3 is 0 Å². The predicted molar refractivity (Wildman–Crippen MR) is 56.8 cm³/mol. The lowest BCUT2D eigenvalue weighted by molar-refractivity contribution is 1.26. The van der Waals surface area contributed by atoms with Crippen molar-refractivity contribution >= 4 is 51.2 Å². The van der Waals surface area contributed by atoms with Crippen molar-refractivity contribution in [3.8, 4) is 0 Å². The van der Waals surface area contributed by atoms with Crippen LogP contribution in [0.5, 0.6) is 0 Å². The van der Waals surface area contributed by atoms with Crippen LogP contribution >= 0.6 is 34.3 Å². The standard InChI is InChI=1S/C5H13Cl3Si2/c1-4(9-5(6)7)10(2,3)8/h4-5H,9H2,1-3H3. The third-order valence-electron chi connectivity index (χ3n) is 1.70. The normalized spacial score (nSPS) is 17.1. The Kier molecular flexibility index (Phi) is 4.93. The molecular weight excluding hydrogens is 223 g/mol. The highest BCUT2D eigenvalue weighted by Crippen LogP contribution is 2.25. The molecule has 1 unspecified atom stereocenters. The van der Waals surface area contributed by atoms with E-state index in [-0.39, 0.29) is 14.0 Å². The third-order valence-corrected chi connectivity index (χ3v) is 11.8. The van der Waals surface area contributed by atoms with Crippen molar-refractivity contribution < 1.29 is 0 Å². The topological polar surface area (TPSA) is 0 Å². The maximum absolute atomic E-state index is 6.18. The molecule has 0 nitrogen and oxygen atoms in total. The van der Waals surface area contributed by atoms with Gasteiger partial charge in [-0.25, -0.2) is 0 Å². The Morgan fingerprint density at radius 1 is 1.30 bits per heavy atom. The Hall–Kier alpha value is 1.30. The van der Waals surface area contributed by atoms with Gasteiger partial charge in [0.2, 0.25) is 0 Å². The van der Waals surface area contributed by atoms with Gasteiger partial charge in [-0.3, -0.25) is 0 Å². The zero-order chi connectivity index (χ0) is 8.36. The highest BCUT2D eigenvalue weighted by atomic mass is 35.6. The average Bonchev–Trinajstić information content (AvgIpc) is 1.60. The summed E-state index contributed by atoms with van der Waals surface area (Å²) in [5, 5.41) is 0.620. The van der Waals surface area contributed by atoms with E-state index in [2.05, 4.69) is 20.0 Å². The van der Waals surface area contributed by atoms with E-state index in [1.165, 1.54) is 0 Å². The molecule has 0 fully saturated rings. The molecule has 62 valence electrons. The molecule has 0 spiro atoms. The lowest BCUT2D eigenvalue weighted by atomic mass is 10.9. The highest BCUT2D eigenvalue weighted by Gasteiger charge is 2.27. The minimum Gasteiger partial charge on any atom is -0.168 e. The SMILES string of the molecule is CC([SiH2]C(Cl)Cl)[Si](C)(C)Cl. The Labute approximate surface area is 80.8 Å². The van der Waals surface area contributed by atoms with Gasteiger partial charge in [-0.15, -0.1) is 23.2 Å². The van der Waals surface area contributed by atoms with Crippen LogP contribution in [-0.2, 0) is 0 Å². The molecule has 1 atom stereocenters. The van der Waals surface area contributed by atoms with E-state index in [0.29, 0.717) is 5.16 Å². The molecule has 0 bridgehead atoms. The molecule has 0 saturated heterocycles. The largest absolute Gasteiger partial charge is 0.168 e. The first-order valence-corrected chi connectivity index (χ1v) is 9.90. The molecule has 0 N–H and O–H groups in total. The number of hydrogen-bond acceptors (Lipinski definition) is 0. The summed E-state index contributed by atoms with van der Waals surface area (Å²) < 4.78 is -0.125. The van der Waals surface area contributed by atoms with Crippen LogP contribution in [0.4, 0.5) is 0 Å². The fourth-order valence-corrected chi connectivity index (χ4v) is 7.33. The number of rotatable bonds is 3. The first kappa shape index (κ1) is 11.3. The lowest BCUT2D eigenvalue weighted by Crippen LogP contribution is -2.29. The fraction of sp³-hybridized carbons (Fsp3) is 1.00. The molecule has 0 rings (SSSR count). The minimum atomic E-state index is -1.46. The van der Waals surface area contributed by atoms with E-state index < -0.39 is 7.38 Å². The fourth-order valence-electron chi connectivity index (χ4n) is 0.548. The third kappa shape index (κ3) is 5.02. The first-order chi connectivity index (χ1) is 4.34. The molecule has 5 heteroatoms. The number of halogens is 3. The van der Waals surface area contributed by atoms with Crippen molar-refractivity contribution in [2.24, 2.45) is 0 Å². The van der Waals surface area contributed by atoms with Crippen molar-refractivity contribution in [3.63, 3.8) is 0 Å². The second kappa shape index (κ2) is 4.36. The Morgan fingerprint density at radius 3 is 1.80 bits per heavy atom. The molecule has 0 aromatic heterocycles. The monoisotopic (exact) mass is 234 g/mol. The zero-order valence-electron chi connectivity index (χ0n) is 6.50. The smallest absolute Gasteiger partial charge is 0.150 e. The van der Waals surface area contributed by atoms with E-state index in [4.69, 9.17) is 34.3 Å². The molecule has 0 aromatic rings. The molecule has 0 aromatic carbocycles. The molecule has 0 saturated carbocycles. The van der Waals surface area contributed by atoms with Crippen LogP contribution in [0, 0.1) is 0 Å². The molecule has 10 heavy (non-hydrogen) atoms. The Morgan fingerprint density at radius 2 is 1.70 bits per heavy atom. The summed E-state index contributed by atoms with van der Waals surface area (Å²) >= 11 is 17.5. The van der Waals surface area contributed by atoms with Gasteiger partial charge in [0.25, 0.3) is 0 Å². The number of alkyl halides is 2. The molecule has 0 aliphatic rings. The van der Waals surface area contributed by atoms with Gasteiger partial charge in [-0.05, 0) is 5.16 Å². The van der Waals surface area contributed by atoms with Crippen molar-refractivity contribution in [2.75, 3.05) is 0 Å². The predicted octanol–water partition coefficient (Wildman–Crippen LogP) is 2.71. The summed E-state index contributed by atoms with van der Waals surface area (Å²) in [6.07, 6.45) is 0.